The Morgan fingerprint density at radius 1 is 1.22 bits per heavy atom. The van der Waals surface area contributed by atoms with Gasteiger partial charge in [-0.2, -0.15) is 0 Å². The number of aromatic nitrogens is 1. The third-order valence-electron chi connectivity index (χ3n) is 3.27. The molecule has 116 valence electrons. The number of amides is 1. The number of benzene rings is 2. The van der Waals surface area contributed by atoms with Gasteiger partial charge in [0, 0.05) is 5.39 Å². The van der Waals surface area contributed by atoms with Crippen LogP contribution in [0.3, 0.4) is 0 Å². The number of fused-ring (bicyclic) bond motifs is 1. The van der Waals surface area contributed by atoms with Crippen molar-refractivity contribution >= 4 is 22.5 Å². The van der Waals surface area contributed by atoms with Gasteiger partial charge < -0.3 is 14.8 Å². The zero-order valence-corrected chi connectivity index (χ0v) is 12.5. The molecule has 0 bridgehead atoms. The van der Waals surface area contributed by atoms with Crippen LogP contribution in [0, 0.1) is 6.92 Å². The lowest BCUT2D eigenvalue weighted by molar-refractivity contribution is -0.120. The van der Waals surface area contributed by atoms with Gasteiger partial charge in [0.15, 0.2) is 12.3 Å². The van der Waals surface area contributed by atoms with Gasteiger partial charge in [-0.05, 0) is 30.7 Å². The molecule has 0 aliphatic rings. The number of nitrogens with zero attached hydrogens (tertiary/aromatic N) is 2. The molecule has 0 spiro atoms. The summed E-state index contributed by atoms with van der Waals surface area (Å²) in [5.41, 5.74) is 2.01. The van der Waals surface area contributed by atoms with Crippen molar-refractivity contribution in [2.45, 2.75) is 6.92 Å². The zero-order valence-electron chi connectivity index (χ0n) is 12.5. The molecule has 2 aromatic carbocycles. The summed E-state index contributed by atoms with van der Waals surface area (Å²) in [5.74, 6) is -0.0537. The molecular weight excluding hydrogens is 294 g/mol. The van der Waals surface area contributed by atoms with E-state index < -0.39 is 5.91 Å². The molecular formula is C17H15N3O3. The predicted molar refractivity (Wildman–Crippen MR) is 86.2 cm³/mol. The Morgan fingerprint density at radius 2 is 2.04 bits per heavy atom. The first-order valence-corrected chi connectivity index (χ1v) is 7.07. The molecule has 0 fully saturated rings. The van der Waals surface area contributed by atoms with Gasteiger partial charge in [-0.1, -0.05) is 30.3 Å². The lowest BCUT2D eigenvalue weighted by Gasteiger charge is -2.03. The maximum absolute atomic E-state index is 11.8. The van der Waals surface area contributed by atoms with E-state index in [-0.39, 0.29) is 18.2 Å². The van der Waals surface area contributed by atoms with E-state index in [9.17, 15) is 9.90 Å². The molecule has 6 nitrogen and oxygen atoms in total. The number of para-hydroxylation sites is 1. The molecule has 0 saturated carbocycles. The van der Waals surface area contributed by atoms with Gasteiger partial charge in [-0.3, -0.25) is 4.79 Å². The van der Waals surface area contributed by atoms with Crippen molar-refractivity contribution in [2.24, 2.45) is 10.2 Å². The van der Waals surface area contributed by atoms with Crippen LogP contribution in [0.5, 0.6) is 11.6 Å². The average molecular weight is 309 g/mol. The topological polar surface area (TPSA) is 87.0 Å². The normalized spacial score (nSPS) is 11.2. The lowest BCUT2D eigenvalue weighted by atomic mass is 10.2. The molecule has 0 unspecified atom stereocenters. The van der Waals surface area contributed by atoms with Gasteiger partial charge >= 0.3 is 5.91 Å². The number of azo groups is 1. The van der Waals surface area contributed by atoms with Gasteiger partial charge in [-0.15, -0.1) is 10.2 Å². The minimum absolute atomic E-state index is 0.123. The van der Waals surface area contributed by atoms with Crippen molar-refractivity contribution < 1.29 is 14.6 Å². The van der Waals surface area contributed by atoms with Gasteiger partial charge in [0.2, 0.25) is 5.88 Å². The second-order valence-electron chi connectivity index (χ2n) is 5.07. The molecule has 1 amide bonds. The molecule has 0 radical (unpaired) electrons. The van der Waals surface area contributed by atoms with Crippen molar-refractivity contribution in [2.75, 3.05) is 6.61 Å². The molecule has 0 aliphatic carbocycles. The van der Waals surface area contributed by atoms with Crippen LogP contribution < -0.4 is 4.74 Å². The number of carbonyl (C=O) groups excluding carboxylic acids is 1. The van der Waals surface area contributed by atoms with Crippen LogP contribution in [0.4, 0.5) is 5.69 Å². The number of hydrogen-bond acceptors (Lipinski definition) is 4. The van der Waals surface area contributed by atoms with Crippen molar-refractivity contribution in [1.82, 2.24) is 4.98 Å². The predicted octanol–water partition coefficient (Wildman–Crippen LogP) is 3.87. The lowest BCUT2D eigenvalue weighted by Crippen LogP contribution is -2.07. The first kappa shape index (κ1) is 14.8. The van der Waals surface area contributed by atoms with E-state index in [0.717, 1.165) is 11.1 Å². The molecule has 1 heterocycles. The molecule has 0 aliphatic heterocycles. The van der Waals surface area contributed by atoms with E-state index in [4.69, 9.17) is 4.74 Å². The average Bonchev–Trinajstić information content (AvgIpc) is 2.86. The highest BCUT2D eigenvalue weighted by Gasteiger charge is 2.10. The zero-order chi connectivity index (χ0) is 16.2. The molecule has 3 rings (SSSR count). The van der Waals surface area contributed by atoms with Crippen LogP contribution in [-0.4, -0.2) is 22.6 Å². The van der Waals surface area contributed by atoms with Crippen LogP contribution >= 0.6 is 0 Å². The largest absolute Gasteiger partial charge is 0.493 e. The van der Waals surface area contributed by atoms with Gasteiger partial charge in [0.05, 0.1) is 5.52 Å². The van der Waals surface area contributed by atoms with Crippen LogP contribution in [0.25, 0.3) is 10.9 Å². The number of nitrogens with one attached hydrogen (secondary N) is 1. The Kier molecular flexibility index (Phi) is 4.05. The fraction of sp³-hybridized carbons (Fsp3) is 0.118. The number of aromatic amines is 1. The molecule has 0 saturated heterocycles. The highest BCUT2D eigenvalue weighted by atomic mass is 16.5. The molecule has 0 atom stereocenters. The van der Waals surface area contributed by atoms with Crippen LogP contribution in [0.15, 0.2) is 58.8 Å². The SMILES string of the molecule is Cc1cccc(OCC(=O)N=Nc2c(O)[nH]c3ccccc23)c1. The van der Waals surface area contributed by atoms with E-state index in [0.29, 0.717) is 11.1 Å². The van der Waals surface area contributed by atoms with E-state index >= 15 is 0 Å². The maximum atomic E-state index is 11.8. The van der Waals surface area contributed by atoms with E-state index in [1.807, 2.05) is 37.3 Å². The number of rotatable bonds is 4. The second kappa shape index (κ2) is 6.31. The Hall–Kier alpha value is -3.15. The summed E-state index contributed by atoms with van der Waals surface area (Å²) in [5, 5.41) is 18.0. The van der Waals surface area contributed by atoms with Gasteiger partial charge in [-0.25, -0.2) is 0 Å². The molecule has 1 aromatic heterocycles. The summed E-state index contributed by atoms with van der Waals surface area (Å²) in [6, 6.07) is 14.6. The summed E-state index contributed by atoms with van der Waals surface area (Å²) in [7, 11) is 0. The Morgan fingerprint density at radius 3 is 2.87 bits per heavy atom. The summed E-state index contributed by atoms with van der Waals surface area (Å²) in [6.07, 6.45) is 0. The second-order valence-corrected chi connectivity index (χ2v) is 5.07. The summed E-state index contributed by atoms with van der Waals surface area (Å²) >= 11 is 0. The van der Waals surface area contributed by atoms with Crippen molar-refractivity contribution in [3.05, 3.63) is 54.1 Å². The summed E-state index contributed by atoms with van der Waals surface area (Å²) < 4.78 is 5.36. The Bertz CT molecular complexity index is 884. The monoisotopic (exact) mass is 309 g/mol. The van der Waals surface area contributed by atoms with Crippen LogP contribution in [0.1, 0.15) is 5.56 Å². The molecule has 6 heteroatoms. The fourth-order valence-electron chi connectivity index (χ4n) is 2.20. The number of hydrogen-bond donors (Lipinski definition) is 2. The number of aryl methyl sites for hydroxylation is 1. The molecule has 2 N–H and O–H groups in total. The van der Waals surface area contributed by atoms with Gasteiger partial charge in [0.25, 0.3) is 0 Å². The van der Waals surface area contributed by atoms with E-state index in [1.165, 1.54) is 0 Å². The molecule has 3 aromatic rings. The quantitative estimate of drug-likeness (QED) is 0.717. The molecule has 23 heavy (non-hydrogen) atoms. The van der Waals surface area contributed by atoms with E-state index in [2.05, 4.69) is 15.2 Å². The Labute approximate surface area is 132 Å². The smallest absolute Gasteiger partial charge is 0.302 e. The van der Waals surface area contributed by atoms with Crippen molar-refractivity contribution in [1.29, 1.82) is 0 Å². The Balaban J connectivity index is 1.69. The fourth-order valence-corrected chi connectivity index (χ4v) is 2.20. The number of aromatic hydroxyl groups is 1. The van der Waals surface area contributed by atoms with Crippen molar-refractivity contribution in [3.8, 4) is 11.6 Å². The summed E-state index contributed by atoms with van der Waals surface area (Å²) in [4.78, 5) is 14.5. The standard InChI is InChI=1S/C17H15N3O3/c1-11-5-4-6-12(9-11)23-10-15(21)19-20-16-13-7-2-3-8-14(13)18-17(16)22/h2-9,18,22H,10H2,1H3. The third-order valence-corrected chi connectivity index (χ3v) is 3.27. The number of ether oxygens (including phenoxy) is 1. The summed E-state index contributed by atoms with van der Waals surface area (Å²) in [6.45, 7) is 1.73. The minimum Gasteiger partial charge on any atom is -0.493 e. The van der Waals surface area contributed by atoms with Gasteiger partial charge in [0.1, 0.15) is 5.75 Å². The third kappa shape index (κ3) is 3.37. The highest BCUT2D eigenvalue weighted by molar-refractivity contribution is 5.94. The first-order valence-electron chi connectivity index (χ1n) is 7.07. The van der Waals surface area contributed by atoms with Crippen LogP contribution in [0.2, 0.25) is 0 Å². The number of H-pyrrole nitrogens is 1. The number of carbonyl (C=O) groups is 1. The van der Waals surface area contributed by atoms with Crippen LogP contribution in [-0.2, 0) is 4.79 Å². The van der Waals surface area contributed by atoms with Crippen molar-refractivity contribution in [3.63, 3.8) is 0 Å². The first-order chi connectivity index (χ1) is 11.1. The van der Waals surface area contributed by atoms with E-state index in [1.54, 1.807) is 18.2 Å². The maximum Gasteiger partial charge on any atom is 0.302 e. The highest BCUT2D eigenvalue weighted by Crippen LogP contribution is 2.35. The minimum atomic E-state index is -0.531.